The number of nitrogens with zero attached hydrogens (tertiary/aromatic N) is 3. The molecule has 2 heterocycles. The van der Waals surface area contributed by atoms with Crippen LogP contribution >= 0.6 is 0 Å². The Morgan fingerprint density at radius 3 is 2.41 bits per heavy atom. The minimum Gasteiger partial charge on any atom is -0.388 e. The number of fused-ring (bicyclic) bond motifs is 1. The fourth-order valence-electron chi connectivity index (χ4n) is 2.82. The van der Waals surface area contributed by atoms with E-state index in [1.165, 1.54) is 7.05 Å². The molecule has 9 heteroatoms. The van der Waals surface area contributed by atoms with Crippen molar-refractivity contribution in [3.05, 3.63) is 74.6 Å². The van der Waals surface area contributed by atoms with Gasteiger partial charge >= 0.3 is 11.9 Å². The normalized spacial score (nSPS) is 13.1. The molecule has 0 fully saturated rings. The van der Waals surface area contributed by atoms with E-state index in [-0.39, 0.29) is 24.0 Å². The van der Waals surface area contributed by atoms with Gasteiger partial charge in [0, 0.05) is 13.6 Å². The Morgan fingerprint density at radius 2 is 1.78 bits per heavy atom. The molecule has 0 aliphatic carbocycles. The topological polar surface area (TPSA) is 77.1 Å². The number of aliphatic hydroxyl groups excluding tert-OH is 1. The standard InChI is InChI=1S/C18H16F3N3O3/c1-23-15-12(7-8-14(22-15)18(19,20)21)16(26)24(17(23)27)10-9-13(25)11-5-3-2-4-6-11/h2-8,13,25H,9-10H2,1H3/t13-/m0/s1. The van der Waals surface area contributed by atoms with Crippen LogP contribution in [0.3, 0.4) is 0 Å². The zero-order valence-corrected chi connectivity index (χ0v) is 14.3. The Morgan fingerprint density at radius 1 is 1.11 bits per heavy atom. The molecule has 0 aliphatic rings. The fourth-order valence-corrected chi connectivity index (χ4v) is 2.82. The smallest absolute Gasteiger partial charge is 0.388 e. The summed E-state index contributed by atoms with van der Waals surface area (Å²) in [5.41, 5.74) is -2.41. The number of hydrogen-bond acceptors (Lipinski definition) is 4. The lowest BCUT2D eigenvalue weighted by Gasteiger charge is -2.14. The molecule has 0 radical (unpaired) electrons. The maximum atomic E-state index is 12.8. The second-order valence-electron chi connectivity index (χ2n) is 6.08. The highest BCUT2D eigenvalue weighted by Crippen LogP contribution is 2.28. The van der Waals surface area contributed by atoms with Crippen molar-refractivity contribution < 1.29 is 18.3 Å². The summed E-state index contributed by atoms with van der Waals surface area (Å²) in [7, 11) is 1.25. The lowest BCUT2D eigenvalue weighted by atomic mass is 10.1. The van der Waals surface area contributed by atoms with Crippen molar-refractivity contribution >= 4 is 11.0 Å². The van der Waals surface area contributed by atoms with E-state index in [2.05, 4.69) is 4.98 Å². The van der Waals surface area contributed by atoms with Crippen LogP contribution < -0.4 is 11.2 Å². The molecule has 27 heavy (non-hydrogen) atoms. The third-order valence-corrected chi connectivity index (χ3v) is 4.29. The molecule has 1 aromatic carbocycles. The molecule has 3 rings (SSSR count). The van der Waals surface area contributed by atoms with Gasteiger partial charge in [-0.2, -0.15) is 13.2 Å². The first-order valence-corrected chi connectivity index (χ1v) is 8.11. The molecule has 0 amide bonds. The largest absolute Gasteiger partial charge is 0.433 e. The van der Waals surface area contributed by atoms with Crippen molar-refractivity contribution in [3.63, 3.8) is 0 Å². The van der Waals surface area contributed by atoms with Crippen molar-refractivity contribution in [1.29, 1.82) is 0 Å². The number of halogens is 3. The maximum Gasteiger partial charge on any atom is 0.433 e. The molecule has 0 saturated carbocycles. The minimum absolute atomic E-state index is 0.0848. The Labute approximate surface area is 151 Å². The number of aryl methyl sites for hydroxylation is 1. The van der Waals surface area contributed by atoms with Gasteiger partial charge in [-0.05, 0) is 24.1 Å². The van der Waals surface area contributed by atoms with Gasteiger partial charge < -0.3 is 5.11 Å². The quantitative estimate of drug-likeness (QED) is 0.754. The molecular formula is C18H16F3N3O3. The van der Waals surface area contributed by atoms with Crippen LogP contribution in [0.15, 0.2) is 52.1 Å². The number of benzene rings is 1. The van der Waals surface area contributed by atoms with Crippen molar-refractivity contribution in [2.24, 2.45) is 7.05 Å². The van der Waals surface area contributed by atoms with Crippen LogP contribution in [0.4, 0.5) is 13.2 Å². The Bertz CT molecular complexity index is 1090. The number of aromatic nitrogens is 3. The molecule has 1 atom stereocenters. The van der Waals surface area contributed by atoms with Crippen LogP contribution in [0.25, 0.3) is 11.0 Å². The molecule has 1 N–H and O–H groups in total. The van der Waals surface area contributed by atoms with Crippen LogP contribution in [-0.2, 0) is 19.8 Å². The second-order valence-corrected chi connectivity index (χ2v) is 6.08. The summed E-state index contributed by atoms with van der Waals surface area (Å²) in [6.45, 7) is -0.0848. The van der Waals surface area contributed by atoms with Gasteiger partial charge in [0.05, 0.1) is 11.5 Å². The molecule has 142 valence electrons. The zero-order valence-electron chi connectivity index (χ0n) is 14.3. The summed E-state index contributed by atoms with van der Waals surface area (Å²) in [6, 6.07) is 10.5. The van der Waals surface area contributed by atoms with E-state index in [4.69, 9.17) is 0 Å². The van der Waals surface area contributed by atoms with Gasteiger partial charge in [-0.1, -0.05) is 30.3 Å². The summed E-state index contributed by atoms with van der Waals surface area (Å²) in [5.74, 6) is 0. The number of rotatable bonds is 4. The van der Waals surface area contributed by atoms with Crippen molar-refractivity contribution in [3.8, 4) is 0 Å². The summed E-state index contributed by atoms with van der Waals surface area (Å²) in [4.78, 5) is 28.4. The molecule has 0 saturated heterocycles. The van der Waals surface area contributed by atoms with E-state index in [0.29, 0.717) is 11.6 Å². The average molecular weight is 379 g/mol. The predicted molar refractivity (Wildman–Crippen MR) is 92.3 cm³/mol. The monoisotopic (exact) mass is 379 g/mol. The molecular weight excluding hydrogens is 363 g/mol. The summed E-state index contributed by atoms with van der Waals surface area (Å²) in [5, 5.41) is 10.1. The van der Waals surface area contributed by atoms with Crippen molar-refractivity contribution in [1.82, 2.24) is 14.1 Å². The highest BCUT2D eigenvalue weighted by Gasteiger charge is 2.33. The van der Waals surface area contributed by atoms with Crippen LogP contribution in [0.5, 0.6) is 0 Å². The van der Waals surface area contributed by atoms with Crippen LogP contribution in [0.2, 0.25) is 0 Å². The Kier molecular flexibility index (Phi) is 4.88. The van der Waals surface area contributed by atoms with Gasteiger partial charge in [0.2, 0.25) is 0 Å². The lowest BCUT2D eigenvalue weighted by molar-refractivity contribution is -0.141. The number of alkyl halides is 3. The number of hydrogen-bond donors (Lipinski definition) is 1. The van der Waals surface area contributed by atoms with Gasteiger partial charge in [0.25, 0.3) is 5.56 Å². The van der Waals surface area contributed by atoms with E-state index in [1.807, 2.05) is 0 Å². The zero-order chi connectivity index (χ0) is 19.8. The third kappa shape index (κ3) is 3.63. The van der Waals surface area contributed by atoms with Crippen LogP contribution in [0, 0.1) is 0 Å². The van der Waals surface area contributed by atoms with E-state index in [1.54, 1.807) is 30.3 Å². The van der Waals surface area contributed by atoms with E-state index in [0.717, 1.165) is 15.2 Å². The molecule has 0 unspecified atom stereocenters. The Hall–Kier alpha value is -2.94. The van der Waals surface area contributed by atoms with E-state index >= 15 is 0 Å². The Balaban J connectivity index is 2.00. The van der Waals surface area contributed by atoms with Gasteiger partial charge in [-0.3, -0.25) is 13.9 Å². The predicted octanol–water partition coefficient (Wildman–Crippen LogP) is 2.24. The van der Waals surface area contributed by atoms with Crippen LogP contribution in [0.1, 0.15) is 23.8 Å². The van der Waals surface area contributed by atoms with Gasteiger partial charge in [0.1, 0.15) is 11.3 Å². The van der Waals surface area contributed by atoms with Crippen molar-refractivity contribution in [2.75, 3.05) is 0 Å². The first-order chi connectivity index (χ1) is 12.7. The SMILES string of the molecule is Cn1c(=O)n(CC[C@H](O)c2ccccc2)c(=O)c2ccc(C(F)(F)F)nc21. The summed E-state index contributed by atoms with van der Waals surface area (Å²) < 4.78 is 40.3. The first kappa shape index (κ1) is 18.8. The lowest BCUT2D eigenvalue weighted by Crippen LogP contribution is -2.39. The summed E-state index contributed by atoms with van der Waals surface area (Å²) in [6.07, 6.45) is -5.47. The highest BCUT2D eigenvalue weighted by molar-refractivity contribution is 5.74. The fraction of sp³-hybridized carbons (Fsp3) is 0.278. The number of aliphatic hydroxyl groups is 1. The number of pyridine rings is 1. The first-order valence-electron chi connectivity index (χ1n) is 8.11. The second kappa shape index (κ2) is 6.99. The summed E-state index contributed by atoms with van der Waals surface area (Å²) >= 11 is 0. The van der Waals surface area contributed by atoms with E-state index in [9.17, 15) is 27.9 Å². The molecule has 3 aromatic rings. The highest BCUT2D eigenvalue weighted by atomic mass is 19.4. The molecule has 0 bridgehead atoms. The van der Waals surface area contributed by atoms with Gasteiger partial charge in [-0.25, -0.2) is 9.78 Å². The molecule has 6 nitrogen and oxygen atoms in total. The van der Waals surface area contributed by atoms with Gasteiger partial charge in [-0.15, -0.1) is 0 Å². The molecule has 0 aliphatic heterocycles. The van der Waals surface area contributed by atoms with E-state index < -0.39 is 29.2 Å². The van der Waals surface area contributed by atoms with Crippen molar-refractivity contribution in [2.45, 2.75) is 25.2 Å². The van der Waals surface area contributed by atoms with Crippen LogP contribution in [-0.4, -0.2) is 19.2 Å². The average Bonchev–Trinajstić information content (AvgIpc) is 2.65. The molecule has 2 aromatic heterocycles. The minimum atomic E-state index is -4.68. The van der Waals surface area contributed by atoms with Gasteiger partial charge in [0.15, 0.2) is 0 Å². The maximum absolute atomic E-state index is 12.8. The molecule has 0 spiro atoms. The third-order valence-electron chi connectivity index (χ3n) is 4.29.